The molecule has 1 aliphatic rings. The zero-order valence-electron chi connectivity index (χ0n) is 18.7. The number of benzene rings is 1. The van der Waals surface area contributed by atoms with Crippen LogP contribution in [0.4, 0.5) is 0 Å². The van der Waals surface area contributed by atoms with Crippen LogP contribution in [0.3, 0.4) is 0 Å². The van der Waals surface area contributed by atoms with Crippen LogP contribution in [0.1, 0.15) is 25.3 Å². The number of likely N-dealkylation sites (tertiary alicyclic amines) is 1. The molecule has 30 heavy (non-hydrogen) atoms. The Morgan fingerprint density at radius 3 is 2.47 bits per heavy atom. The van der Waals surface area contributed by atoms with E-state index in [4.69, 9.17) is 9.47 Å². The first kappa shape index (κ1) is 26.3. The van der Waals surface area contributed by atoms with Gasteiger partial charge in [-0.05, 0) is 31.0 Å². The van der Waals surface area contributed by atoms with Crippen LogP contribution >= 0.6 is 24.0 Å². The lowest BCUT2D eigenvalue weighted by molar-refractivity contribution is -0.128. The first-order chi connectivity index (χ1) is 13.9. The lowest BCUT2D eigenvalue weighted by Gasteiger charge is -2.19. The highest BCUT2D eigenvalue weighted by molar-refractivity contribution is 14.0. The van der Waals surface area contributed by atoms with E-state index in [2.05, 4.69) is 32.7 Å². The molecule has 2 N–H and O–H groups in total. The summed E-state index contributed by atoms with van der Waals surface area (Å²) in [4.78, 5) is 20.3. The summed E-state index contributed by atoms with van der Waals surface area (Å²) in [7, 11) is 6.87. The molecule has 0 radical (unpaired) electrons. The molecule has 0 bridgehead atoms. The predicted octanol–water partition coefficient (Wildman–Crippen LogP) is 1.93. The van der Waals surface area contributed by atoms with Crippen molar-refractivity contribution in [3.05, 3.63) is 23.8 Å². The Morgan fingerprint density at radius 1 is 1.23 bits per heavy atom. The van der Waals surface area contributed by atoms with Gasteiger partial charge >= 0.3 is 0 Å². The molecule has 170 valence electrons. The second-order valence-corrected chi connectivity index (χ2v) is 7.38. The minimum atomic E-state index is 0. The molecule has 1 fully saturated rings. The van der Waals surface area contributed by atoms with Crippen LogP contribution in [-0.4, -0.2) is 82.2 Å². The third-order valence-corrected chi connectivity index (χ3v) is 4.87. The maximum Gasteiger partial charge on any atom is 0.223 e. The van der Waals surface area contributed by atoms with Gasteiger partial charge in [0.25, 0.3) is 0 Å². The quantitative estimate of drug-likeness (QED) is 0.287. The van der Waals surface area contributed by atoms with Crippen LogP contribution in [-0.2, 0) is 11.3 Å². The summed E-state index contributed by atoms with van der Waals surface area (Å²) in [5, 5.41) is 6.77. The van der Waals surface area contributed by atoms with Crippen molar-refractivity contribution in [2.24, 2.45) is 4.99 Å². The number of carbonyl (C=O) groups is 1. The van der Waals surface area contributed by atoms with Crippen molar-refractivity contribution < 1.29 is 14.3 Å². The molecule has 8 nitrogen and oxygen atoms in total. The molecule has 1 heterocycles. The molecule has 0 saturated carbocycles. The van der Waals surface area contributed by atoms with Gasteiger partial charge in [0.05, 0.1) is 20.8 Å². The fourth-order valence-electron chi connectivity index (χ4n) is 3.31. The lowest BCUT2D eigenvalue weighted by Crippen LogP contribution is -2.44. The number of hydrogen-bond acceptors (Lipinski definition) is 5. The molecule has 1 aromatic carbocycles. The molecule has 0 aliphatic carbocycles. The third-order valence-electron chi connectivity index (χ3n) is 4.87. The Kier molecular flexibility index (Phi) is 11.9. The van der Waals surface area contributed by atoms with Crippen LogP contribution in [0, 0.1) is 0 Å². The summed E-state index contributed by atoms with van der Waals surface area (Å²) in [6, 6.07) is 6.32. The number of aliphatic imine (C=N–C) groups is 1. The zero-order valence-corrected chi connectivity index (χ0v) is 21.1. The zero-order chi connectivity index (χ0) is 21.2. The highest BCUT2D eigenvalue weighted by Gasteiger charge is 2.23. The second-order valence-electron chi connectivity index (χ2n) is 7.38. The van der Waals surface area contributed by atoms with Crippen LogP contribution < -0.4 is 20.1 Å². The Labute approximate surface area is 197 Å². The van der Waals surface area contributed by atoms with E-state index in [9.17, 15) is 4.79 Å². The van der Waals surface area contributed by atoms with Crippen molar-refractivity contribution in [2.45, 2.75) is 32.4 Å². The van der Waals surface area contributed by atoms with Gasteiger partial charge in [-0.3, -0.25) is 14.7 Å². The van der Waals surface area contributed by atoms with E-state index < -0.39 is 0 Å². The standard InChI is InChI=1S/C21H35N5O3.HI/c1-6-22-21(23-9-7-20(27)25(2)3)24-17-8-10-26(15-17)14-16-11-18(28-4)13-19(12-16)29-5;/h11-13,17H,6-10,14-15H2,1-5H3,(H2,22,23,24);1H. The minimum Gasteiger partial charge on any atom is -0.497 e. The summed E-state index contributed by atoms with van der Waals surface area (Å²) in [5.74, 6) is 2.48. The fourth-order valence-corrected chi connectivity index (χ4v) is 3.31. The van der Waals surface area contributed by atoms with E-state index in [1.54, 1.807) is 33.2 Å². The molecule has 0 spiro atoms. The Bertz CT molecular complexity index is 677. The number of guanidine groups is 1. The molecule has 9 heteroatoms. The molecule has 2 rings (SSSR count). The molecule has 1 aromatic rings. The van der Waals surface area contributed by atoms with E-state index in [1.807, 2.05) is 13.0 Å². The molecule has 1 saturated heterocycles. The minimum absolute atomic E-state index is 0. The van der Waals surface area contributed by atoms with Gasteiger partial charge in [0.15, 0.2) is 5.96 Å². The Balaban J connectivity index is 0.00000450. The average Bonchev–Trinajstić information content (AvgIpc) is 3.14. The summed E-state index contributed by atoms with van der Waals surface area (Å²) >= 11 is 0. The van der Waals surface area contributed by atoms with E-state index in [-0.39, 0.29) is 29.9 Å². The summed E-state index contributed by atoms with van der Waals surface area (Å²) in [5.41, 5.74) is 1.17. The number of hydrogen-bond donors (Lipinski definition) is 2. The van der Waals surface area contributed by atoms with Gasteiger partial charge in [0.2, 0.25) is 5.91 Å². The van der Waals surface area contributed by atoms with E-state index in [0.717, 1.165) is 50.1 Å². The number of amides is 1. The average molecular weight is 533 g/mol. The Hall–Kier alpha value is -1.75. The SMILES string of the molecule is CCNC(=NCCC(=O)N(C)C)NC1CCN(Cc2cc(OC)cc(OC)c2)C1.I. The number of nitrogens with one attached hydrogen (secondary N) is 2. The van der Waals surface area contributed by atoms with Gasteiger partial charge in [0.1, 0.15) is 11.5 Å². The van der Waals surface area contributed by atoms with Crippen molar-refractivity contribution in [3.8, 4) is 11.5 Å². The summed E-state index contributed by atoms with van der Waals surface area (Å²) in [6.45, 7) is 6.09. The van der Waals surface area contributed by atoms with Crippen LogP contribution in [0.5, 0.6) is 11.5 Å². The maximum absolute atomic E-state index is 11.7. The number of carbonyl (C=O) groups excluding carboxylic acids is 1. The lowest BCUT2D eigenvalue weighted by atomic mass is 10.2. The maximum atomic E-state index is 11.7. The molecule has 0 aromatic heterocycles. The van der Waals surface area contributed by atoms with Crippen molar-refractivity contribution in [1.29, 1.82) is 0 Å². The van der Waals surface area contributed by atoms with E-state index in [0.29, 0.717) is 19.0 Å². The molecular weight excluding hydrogens is 497 g/mol. The highest BCUT2D eigenvalue weighted by atomic mass is 127. The first-order valence-electron chi connectivity index (χ1n) is 10.1. The van der Waals surface area contributed by atoms with Gasteiger partial charge in [-0.1, -0.05) is 0 Å². The number of halogens is 1. The van der Waals surface area contributed by atoms with Crippen molar-refractivity contribution in [1.82, 2.24) is 20.4 Å². The second kappa shape index (κ2) is 13.5. The molecule has 1 unspecified atom stereocenters. The topological polar surface area (TPSA) is 78.4 Å². The largest absolute Gasteiger partial charge is 0.497 e. The van der Waals surface area contributed by atoms with Crippen molar-refractivity contribution in [3.63, 3.8) is 0 Å². The van der Waals surface area contributed by atoms with Crippen LogP contribution in [0.2, 0.25) is 0 Å². The summed E-state index contributed by atoms with van der Waals surface area (Å²) in [6.07, 6.45) is 1.46. The fraction of sp³-hybridized carbons (Fsp3) is 0.619. The Morgan fingerprint density at radius 2 is 1.90 bits per heavy atom. The molecular formula is C21H36IN5O3. The van der Waals surface area contributed by atoms with Crippen LogP contribution in [0.15, 0.2) is 23.2 Å². The normalized spacial score (nSPS) is 16.6. The third kappa shape index (κ3) is 8.55. The molecule has 1 atom stereocenters. The van der Waals surface area contributed by atoms with Crippen molar-refractivity contribution >= 4 is 35.8 Å². The monoisotopic (exact) mass is 533 g/mol. The van der Waals surface area contributed by atoms with Gasteiger partial charge < -0.3 is 25.0 Å². The number of nitrogens with zero attached hydrogens (tertiary/aromatic N) is 3. The smallest absolute Gasteiger partial charge is 0.223 e. The highest BCUT2D eigenvalue weighted by Crippen LogP contribution is 2.24. The first-order valence-corrected chi connectivity index (χ1v) is 10.1. The number of rotatable bonds is 9. The van der Waals surface area contributed by atoms with Crippen molar-refractivity contribution in [2.75, 3.05) is 54.5 Å². The van der Waals surface area contributed by atoms with E-state index >= 15 is 0 Å². The van der Waals surface area contributed by atoms with Gasteiger partial charge in [0, 0.05) is 58.8 Å². The van der Waals surface area contributed by atoms with Gasteiger partial charge in [-0.25, -0.2) is 0 Å². The molecule has 1 amide bonds. The van der Waals surface area contributed by atoms with Gasteiger partial charge in [-0.2, -0.15) is 0 Å². The number of methoxy groups -OCH3 is 2. The summed E-state index contributed by atoms with van der Waals surface area (Å²) < 4.78 is 10.7. The molecule has 1 aliphatic heterocycles. The van der Waals surface area contributed by atoms with E-state index in [1.165, 1.54) is 5.56 Å². The van der Waals surface area contributed by atoms with Crippen LogP contribution in [0.25, 0.3) is 0 Å². The number of ether oxygens (including phenoxy) is 2. The van der Waals surface area contributed by atoms with Gasteiger partial charge in [-0.15, -0.1) is 24.0 Å². The predicted molar refractivity (Wildman–Crippen MR) is 131 cm³/mol.